The highest BCUT2D eigenvalue weighted by molar-refractivity contribution is 5.48. The maximum atomic E-state index is 3.52. The largest absolute Gasteiger partial charge is 0.372 e. The first-order valence-electron chi connectivity index (χ1n) is 7.16. The molecule has 0 radical (unpaired) electrons. The van der Waals surface area contributed by atoms with Gasteiger partial charge in [0.15, 0.2) is 0 Å². The molecule has 0 spiro atoms. The maximum absolute atomic E-state index is 3.52. The van der Waals surface area contributed by atoms with Gasteiger partial charge in [-0.2, -0.15) is 0 Å². The van der Waals surface area contributed by atoms with Gasteiger partial charge in [-0.1, -0.05) is 26.0 Å². The van der Waals surface area contributed by atoms with Crippen molar-refractivity contribution in [3.05, 3.63) is 29.8 Å². The second-order valence-corrected chi connectivity index (χ2v) is 5.14. The van der Waals surface area contributed by atoms with Gasteiger partial charge in [0.25, 0.3) is 0 Å². The Bertz CT molecular complexity index is 331. The van der Waals surface area contributed by atoms with Crippen LogP contribution in [0.25, 0.3) is 0 Å². The van der Waals surface area contributed by atoms with Gasteiger partial charge in [0.1, 0.15) is 0 Å². The standard InChI is InChI=1S/C16H28N2/c1-6-12-17-14(4)15-8-10-16(11-9-15)18(5)13(3)7-2/h8-11,13-14,17H,6-7,12H2,1-5H3. The summed E-state index contributed by atoms with van der Waals surface area (Å²) in [5.41, 5.74) is 2.67. The number of nitrogens with zero attached hydrogens (tertiary/aromatic N) is 1. The van der Waals surface area contributed by atoms with E-state index >= 15 is 0 Å². The third kappa shape index (κ3) is 4.02. The lowest BCUT2D eigenvalue weighted by atomic mass is 10.1. The lowest BCUT2D eigenvalue weighted by Gasteiger charge is -2.26. The van der Waals surface area contributed by atoms with Crippen LogP contribution in [-0.4, -0.2) is 19.6 Å². The van der Waals surface area contributed by atoms with Gasteiger partial charge in [0.05, 0.1) is 0 Å². The molecule has 0 saturated heterocycles. The molecule has 18 heavy (non-hydrogen) atoms. The van der Waals surface area contributed by atoms with Crippen molar-refractivity contribution in [2.75, 3.05) is 18.5 Å². The molecule has 2 atom stereocenters. The summed E-state index contributed by atoms with van der Waals surface area (Å²) in [6.07, 6.45) is 2.35. The van der Waals surface area contributed by atoms with E-state index in [1.165, 1.54) is 24.1 Å². The zero-order chi connectivity index (χ0) is 13.5. The van der Waals surface area contributed by atoms with Gasteiger partial charge in [-0.15, -0.1) is 0 Å². The number of hydrogen-bond donors (Lipinski definition) is 1. The summed E-state index contributed by atoms with van der Waals surface area (Å²) >= 11 is 0. The number of anilines is 1. The Labute approximate surface area is 112 Å². The van der Waals surface area contributed by atoms with Crippen LogP contribution in [0, 0.1) is 0 Å². The summed E-state index contributed by atoms with van der Waals surface area (Å²) in [6.45, 7) is 9.99. The van der Waals surface area contributed by atoms with Crippen LogP contribution < -0.4 is 10.2 Å². The third-order valence-corrected chi connectivity index (χ3v) is 3.75. The van der Waals surface area contributed by atoms with E-state index in [1.54, 1.807) is 0 Å². The third-order valence-electron chi connectivity index (χ3n) is 3.75. The van der Waals surface area contributed by atoms with Crippen LogP contribution in [0.15, 0.2) is 24.3 Å². The van der Waals surface area contributed by atoms with Crippen LogP contribution in [0.5, 0.6) is 0 Å². The van der Waals surface area contributed by atoms with E-state index in [2.05, 4.69) is 69.2 Å². The first-order valence-corrected chi connectivity index (χ1v) is 7.16. The molecule has 2 unspecified atom stereocenters. The molecular weight excluding hydrogens is 220 g/mol. The molecule has 0 heterocycles. The van der Waals surface area contributed by atoms with Crippen LogP contribution in [0.2, 0.25) is 0 Å². The Morgan fingerprint density at radius 2 is 1.72 bits per heavy atom. The van der Waals surface area contributed by atoms with Crippen LogP contribution in [0.3, 0.4) is 0 Å². The molecule has 1 aromatic rings. The first kappa shape index (κ1) is 15.0. The summed E-state index contributed by atoms with van der Waals surface area (Å²) in [4.78, 5) is 2.34. The van der Waals surface area contributed by atoms with Gasteiger partial charge < -0.3 is 10.2 Å². The Hall–Kier alpha value is -1.02. The molecule has 0 saturated carbocycles. The molecular formula is C16H28N2. The van der Waals surface area contributed by atoms with Crippen molar-refractivity contribution < 1.29 is 0 Å². The van der Waals surface area contributed by atoms with Crippen molar-refractivity contribution >= 4 is 5.69 Å². The molecule has 0 aromatic heterocycles. The molecule has 1 N–H and O–H groups in total. The van der Waals surface area contributed by atoms with Crippen molar-refractivity contribution in [1.29, 1.82) is 0 Å². The predicted octanol–water partition coefficient (Wildman–Crippen LogP) is 3.98. The minimum absolute atomic E-state index is 0.438. The van der Waals surface area contributed by atoms with Crippen molar-refractivity contribution in [2.24, 2.45) is 0 Å². The molecule has 0 amide bonds. The molecule has 0 aliphatic carbocycles. The number of benzene rings is 1. The van der Waals surface area contributed by atoms with Crippen LogP contribution in [-0.2, 0) is 0 Å². The van der Waals surface area contributed by atoms with E-state index in [4.69, 9.17) is 0 Å². The van der Waals surface area contributed by atoms with Crippen molar-refractivity contribution in [1.82, 2.24) is 5.32 Å². The van der Waals surface area contributed by atoms with Crippen LogP contribution in [0.4, 0.5) is 5.69 Å². The van der Waals surface area contributed by atoms with Gasteiger partial charge in [0, 0.05) is 24.8 Å². The molecule has 0 bridgehead atoms. The topological polar surface area (TPSA) is 15.3 Å². The minimum Gasteiger partial charge on any atom is -0.372 e. The van der Waals surface area contributed by atoms with Gasteiger partial charge in [-0.3, -0.25) is 0 Å². The van der Waals surface area contributed by atoms with Crippen LogP contribution >= 0.6 is 0 Å². The van der Waals surface area contributed by atoms with E-state index in [-0.39, 0.29) is 0 Å². The lowest BCUT2D eigenvalue weighted by molar-refractivity contribution is 0.570. The summed E-state index contributed by atoms with van der Waals surface area (Å²) in [7, 11) is 2.17. The monoisotopic (exact) mass is 248 g/mol. The number of rotatable bonds is 7. The summed E-state index contributed by atoms with van der Waals surface area (Å²) in [5, 5.41) is 3.52. The van der Waals surface area contributed by atoms with Gasteiger partial charge >= 0.3 is 0 Å². The highest BCUT2D eigenvalue weighted by Crippen LogP contribution is 2.20. The van der Waals surface area contributed by atoms with Crippen LogP contribution in [0.1, 0.15) is 52.1 Å². The van der Waals surface area contributed by atoms with Gasteiger partial charge in [-0.25, -0.2) is 0 Å². The molecule has 2 heteroatoms. The number of hydrogen-bond acceptors (Lipinski definition) is 2. The van der Waals surface area contributed by atoms with E-state index in [0.717, 1.165) is 6.54 Å². The Kier molecular flexibility index (Phi) is 6.20. The smallest absolute Gasteiger partial charge is 0.0366 e. The fourth-order valence-corrected chi connectivity index (χ4v) is 2.01. The predicted molar refractivity (Wildman–Crippen MR) is 81.3 cm³/mol. The fraction of sp³-hybridized carbons (Fsp3) is 0.625. The Morgan fingerprint density at radius 1 is 1.11 bits per heavy atom. The fourth-order valence-electron chi connectivity index (χ4n) is 2.01. The van der Waals surface area contributed by atoms with Crippen molar-refractivity contribution in [2.45, 2.75) is 52.6 Å². The zero-order valence-corrected chi connectivity index (χ0v) is 12.5. The second kappa shape index (κ2) is 7.42. The van der Waals surface area contributed by atoms with Gasteiger partial charge in [-0.05, 0) is 50.9 Å². The molecule has 2 nitrogen and oxygen atoms in total. The normalized spacial score (nSPS) is 14.3. The molecule has 102 valence electrons. The highest BCUT2D eigenvalue weighted by atomic mass is 15.1. The Morgan fingerprint density at radius 3 is 2.22 bits per heavy atom. The SMILES string of the molecule is CCCNC(C)c1ccc(N(C)C(C)CC)cc1. The van der Waals surface area contributed by atoms with E-state index in [1.807, 2.05) is 0 Å². The van der Waals surface area contributed by atoms with Crippen molar-refractivity contribution in [3.8, 4) is 0 Å². The minimum atomic E-state index is 0.438. The molecule has 0 aliphatic heterocycles. The van der Waals surface area contributed by atoms with E-state index in [0.29, 0.717) is 12.1 Å². The lowest BCUT2D eigenvalue weighted by Crippen LogP contribution is -2.28. The average molecular weight is 248 g/mol. The summed E-state index contributed by atoms with van der Waals surface area (Å²) < 4.78 is 0. The number of nitrogens with one attached hydrogen (secondary N) is 1. The van der Waals surface area contributed by atoms with E-state index < -0.39 is 0 Å². The Balaban J connectivity index is 2.67. The molecule has 0 fully saturated rings. The quantitative estimate of drug-likeness (QED) is 0.785. The maximum Gasteiger partial charge on any atom is 0.0366 e. The average Bonchev–Trinajstić information content (AvgIpc) is 2.43. The first-order chi connectivity index (χ1) is 8.60. The zero-order valence-electron chi connectivity index (χ0n) is 12.5. The highest BCUT2D eigenvalue weighted by Gasteiger charge is 2.09. The van der Waals surface area contributed by atoms with Gasteiger partial charge in [0.2, 0.25) is 0 Å². The molecule has 0 aliphatic rings. The molecule has 1 rings (SSSR count). The van der Waals surface area contributed by atoms with E-state index in [9.17, 15) is 0 Å². The summed E-state index contributed by atoms with van der Waals surface area (Å²) in [6, 6.07) is 9.96. The second-order valence-electron chi connectivity index (χ2n) is 5.14. The van der Waals surface area contributed by atoms with Crippen molar-refractivity contribution in [3.63, 3.8) is 0 Å². The summed E-state index contributed by atoms with van der Waals surface area (Å²) in [5.74, 6) is 0. The molecule has 1 aromatic carbocycles.